The van der Waals surface area contributed by atoms with Gasteiger partial charge in [0.25, 0.3) is 0 Å². The van der Waals surface area contributed by atoms with Crippen molar-refractivity contribution in [2.24, 2.45) is 0 Å². The van der Waals surface area contributed by atoms with Crippen LogP contribution in [0, 0.1) is 20.0 Å². The number of carbonyl (C=O) groups is 1. The number of hydrogen-bond donors (Lipinski definition) is 0. The zero-order chi connectivity index (χ0) is 12.0. The van der Waals surface area contributed by atoms with E-state index < -0.39 is 0 Å². The largest absolute Gasteiger partial charge is 0 e. The molecule has 0 radical (unpaired) electrons. The molecule has 0 bridgehead atoms. The van der Waals surface area contributed by atoms with Crippen LogP contribution in [-0.2, 0) is 35.8 Å². The zero-order valence-corrected chi connectivity index (χ0v) is 9.03. The molecule has 5 heteroatoms. The van der Waals surface area contributed by atoms with Crippen molar-refractivity contribution in [3.63, 3.8) is 0 Å². The summed E-state index contributed by atoms with van der Waals surface area (Å²) in [5, 5.41) is 0. The van der Waals surface area contributed by atoms with Gasteiger partial charge in [0.15, 0.2) is 5.78 Å². The second-order valence-corrected chi connectivity index (χ2v) is 1.95. The summed E-state index contributed by atoms with van der Waals surface area (Å²) >= 11 is 0. The Balaban J connectivity index is -0.0000000755. The third-order valence-corrected chi connectivity index (χ3v) is 1.16. The van der Waals surface area contributed by atoms with Crippen molar-refractivity contribution in [2.45, 2.75) is 13.3 Å². The molecule has 0 amide bonds. The van der Waals surface area contributed by atoms with E-state index >= 15 is 0 Å². The Morgan fingerprint density at radius 3 is 1.67 bits per heavy atom. The first-order chi connectivity index (χ1) is 6.79. The van der Waals surface area contributed by atoms with Gasteiger partial charge in [0.2, 0.25) is 0 Å². The summed E-state index contributed by atoms with van der Waals surface area (Å²) in [5.74, 6) is 0.204. The predicted molar refractivity (Wildman–Crippen MR) is 44.3 cm³/mol. The van der Waals surface area contributed by atoms with Gasteiger partial charge in [-0.2, -0.15) is 0 Å². The fourth-order valence-electron chi connectivity index (χ4n) is 0.622. The van der Waals surface area contributed by atoms with Crippen LogP contribution in [-0.4, -0.2) is 5.78 Å². The molecule has 1 aliphatic rings. The molecule has 0 aromatic heterocycles. The van der Waals surface area contributed by atoms with E-state index in [0.717, 1.165) is 0 Å². The maximum atomic E-state index is 10.5. The molecule has 0 saturated carbocycles. The smallest absolute Gasteiger partial charge is 0 e. The molecule has 0 aliphatic heterocycles. The van der Waals surface area contributed by atoms with Gasteiger partial charge in [0.1, 0.15) is 0 Å². The van der Waals surface area contributed by atoms with Gasteiger partial charge in [-0.3, -0.25) is 4.79 Å². The standard InChI is InChI=1S/C7H8O.3CO.Fe/c1-6-2-4-7(8)5-3-6;3*1-2;/h2-4H,5H2,1H3;;;;. The normalized spacial score (nSPS) is 10.3. The van der Waals surface area contributed by atoms with Crippen molar-refractivity contribution in [2.75, 3.05) is 0 Å². The molecule has 0 aromatic carbocycles. The van der Waals surface area contributed by atoms with Crippen LogP contribution >= 0.6 is 0 Å². The Kier molecular flexibility index (Phi) is 36.3. The molecule has 0 unspecified atom stereocenters. The van der Waals surface area contributed by atoms with Crippen LogP contribution in [0.1, 0.15) is 13.3 Å². The summed E-state index contributed by atoms with van der Waals surface area (Å²) in [5.41, 5.74) is 1.18. The molecule has 0 heterocycles. The van der Waals surface area contributed by atoms with Crippen LogP contribution < -0.4 is 0 Å². The van der Waals surface area contributed by atoms with E-state index in [1.54, 1.807) is 6.08 Å². The third-order valence-electron chi connectivity index (χ3n) is 1.16. The minimum Gasteiger partial charge on any atom is 0 e. The maximum absolute atomic E-state index is 10.5. The molecule has 0 spiro atoms. The van der Waals surface area contributed by atoms with E-state index in [0.29, 0.717) is 6.42 Å². The molecular weight excluding hydrogens is 240 g/mol. The predicted octanol–water partition coefficient (Wildman–Crippen LogP) is 1.35. The molecule has 1 rings (SSSR count). The first-order valence-corrected chi connectivity index (χ1v) is 3.28. The molecule has 1 aliphatic carbocycles. The second-order valence-electron chi connectivity index (χ2n) is 1.95. The molecule has 0 aromatic rings. The van der Waals surface area contributed by atoms with Crippen LogP contribution in [0.3, 0.4) is 0 Å². The van der Waals surface area contributed by atoms with Gasteiger partial charge in [0.05, 0.1) is 0 Å². The second kappa shape index (κ2) is 23.1. The average Bonchev–Trinajstić information content (AvgIpc) is 2.31. The Morgan fingerprint density at radius 1 is 1.07 bits per heavy atom. The molecular formula is C10H8FeO4. The number of ketones is 1. The van der Waals surface area contributed by atoms with Crippen molar-refractivity contribution < 1.29 is 35.8 Å². The Morgan fingerprint density at radius 2 is 1.47 bits per heavy atom. The first-order valence-electron chi connectivity index (χ1n) is 3.28. The minimum atomic E-state index is 0. The van der Waals surface area contributed by atoms with Gasteiger partial charge in [-0.1, -0.05) is 17.7 Å². The van der Waals surface area contributed by atoms with E-state index in [9.17, 15) is 4.79 Å². The van der Waals surface area contributed by atoms with Crippen LogP contribution in [0.25, 0.3) is 0 Å². The summed E-state index contributed by atoms with van der Waals surface area (Å²) in [7, 11) is 0. The topological polar surface area (TPSA) is 76.8 Å². The van der Waals surface area contributed by atoms with E-state index in [2.05, 4.69) is 20.0 Å². The van der Waals surface area contributed by atoms with Crippen molar-refractivity contribution in [3.8, 4) is 0 Å². The zero-order valence-electron chi connectivity index (χ0n) is 7.93. The van der Waals surface area contributed by atoms with Crippen molar-refractivity contribution >= 4 is 5.78 Å². The van der Waals surface area contributed by atoms with Gasteiger partial charge in [-0.05, 0) is 13.0 Å². The fourth-order valence-corrected chi connectivity index (χ4v) is 0.622. The number of rotatable bonds is 0. The Hall–Kier alpha value is -1.11. The molecule has 15 heavy (non-hydrogen) atoms. The first kappa shape index (κ1) is 23.6. The molecule has 80 valence electrons. The monoisotopic (exact) mass is 248 g/mol. The quantitative estimate of drug-likeness (QED) is 0.362. The van der Waals surface area contributed by atoms with Gasteiger partial charge < -0.3 is 0 Å². The van der Waals surface area contributed by atoms with Crippen LogP contribution in [0.5, 0.6) is 0 Å². The fraction of sp³-hybridized carbons (Fsp3) is 0.200. The summed E-state index contributed by atoms with van der Waals surface area (Å²) in [6, 6.07) is 0. The van der Waals surface area contributed by atoms with E-state index in [4.69, 9.17) is 14.0 Å². The van der Waals surface area contributed by atoms with Crippen LogP contribution in [0.4, 0.5) is 0 Å². The molecule has 0 atom stereocenters. The van der Waals surface area contributed by atoms with Crippen LogP contribution in [0.15, 0.2) is 23.8 Å². The maximum Gasteiger partial charge on any atom is 0 e. The minimum absolute atomic E-state index is 0. The SMILES string of the molecule is CC1=CCC(=O)C=C1.[C-]#[O+].[C-]#[O+].[C-]#[O+].[Fe]. The molecule has 0 saturated heterocycles. The van der Waals surface area contributed by atoms with Crippen molar-refractivity contribution in [1.29, 1.82) is 0 Å². The Bertz CT molecular complexity index is 254. The molecule has 4 nitrogen and oxygen atoms in total. The van der Waals surface area contributed by atoms with Crippen LogP contribution in [0.2, 0.25) is 0 Å². The van der Waals surface area contributed by atoms with Crippen molar-refractivity contribution in [3.05, 3.63) is 43.8 Å². The molecule has 0 fully saturated rings. The molecule has 0 N–H and O–H groups in total. The summed E-state index contributed by atoms with van der Waals surface area (Å²) in [6.45, 7) is 15.5. The average molecular weight is 248 g/mol. The Labute approximate surface area is 99.1 Å². The van der Waals surface area contributed by atoms with E-state index in [-0.39, 0.29) is 22.9 Å². The summed E-state index contributed by atoms with van der Waals surface area (Å²) < 4.78 is 22.5. The summed E-state index contributed by atoms with van der Waals surface area (Å²) in [4.78, 5) is 10.5. The van der Waals surface area contributed by atoms with Gasteiger partial charge in [-0.15, -0.1) is 0 Å². The van der Waals surface area contributed by atoms with Gasteiger partial charge in [0, 0.05) is 23.5 Å². The van der Waals surface area contributed by atoms with Gasteiger partial charge in [-0.25, -0.2) is 0 Å². The third kappa shape index (κ3) is 19.3. The number of allylic oxidation sites excluding steroid dienone is 4. The number of carbonyl (C=O) groups excluding carboxylic acids is 1. The van der Waals surface area contributed by atoms with Crippen molar-refractivity contribution in [1.82, 2.24) is 0 Å². The number of hydrogen-bond acceptors (Lipinski definition) is 1. The summed E-state index contributed by atoms with van der Waals surface area (Å²) in [6.07, 6.45) is 5.98. The van der Waals surface area contributed by atoms with Gasteiger partial charge >= 0.3 is 33.9 Å². The van der Waals surface area contributed by atoms with E-state index in [1.807, 2.05) is 19.1 Å². The van der Waals surface area contributed by atoms with E-state index in [1.165, 1.54) is 5.57 Å².